The molecule has 2 N–H and O–H groups in total. The van der Waals surface area contributed by atoms with E-state index in [1.807, 2.05) is 12.1 Å². The predicted octanol–water partition coefficient (Wildman–Crippen LogP) is 1.94. The maximum Gasteiger partial charge on any atom is 0.313 e. The highest BCUT2D eigenvalue weighted by Crippen LogP contribution is 2.56. The molecule has 47 heavy (non-hydrogen) atoms. The lowest BCUT2D eigenvalue weighted by molar-refractivity contribution is -0.162. The van der Waals surface area contributed by atoms with Gasteiger partial charge >= 0.3 is 5.97 Å². The lowest BCUT2D eigenvalue weighted by Gasteiger charge is -2.35. The number of fused-ring (bicyclic) bond motifs is 2. The molecule has 12 nitrogen and oxygen atoms in total. The van der Waals surface area contributed by atoms with Crippen molar-refractivity contribution >= 4 is 29.4 Å². The standard InChI is InChI=1S/C35H39N3O9/c1-44-21-25-30(22-9-5-3-6-10-22)46-34(43)28-26-16-17-35(47-26)29(28)32(41)38(19-20-39)31(35)33(42)37(18-8-4-7-11-27(40)36-25)23-12-14-24(45-2)15-13-23/h3-6,8-10,12-17,25-26,28-31,39H,7,11,18-21H2,1-2H3,(H,36,40)/b8-4-/t25-,26+,28-,29-,30-,31+,35-/m1/s1. The number of carbonyl (C=O) groups excluding carboxylic acids is 4. The van der Waals surface area contributed by atoms with Crippen molar-refractivity contribution in [2.24, 2.45) is 11.8 Å². The van der Waals surface area contributed by atoms with E-state index in [1.165, 1.54) is 16.9 Å². The fourth-order valence-corrected chi connectivity index (χ4v) is 7.20. The summed E-state index contributed by atoms with van der Waals surface area (Å²) in [6, 6.07) is 14.1. The van der Waals surface area contributed by atoms with Crippen molar-refractivity contribution in [1.29, 1.82) is 0 Å². The number of allylic oxidation sites excluding steroid dienone is 1. The maximum atomic E-state index is 14.7. The number of cyclic esters (lactones) is 1. The van der Waals surface area contributed by atoms with Crippen LogP contribution in [0.3, 0.4) is 0 Å². The molecule has 1 spiro atoms. The Morgan fingerprint density at radius 1 is 1.00 bits per heavy atom. The number of likely N-dealkylation sites (tertiary alicyclic amines) is 1. The highest BCUT2D eigenvalue weighted by atomic mass is 16.6. The van der Waals surface area contributed by atoms with Gasteiger partial charge in [-0.1, -0.05) is 54.6 Å². The smallest absolute Gasteiger partial charge is 0.313 e. The Kier molecular flexibility index (Phi) is 9.44. The van der Waals surface area contributed by atoms with E-state index in [2.05, 4.69) is 5.32 Å². The molecular formula is C35H39N3O9. The van der Waals surface area contributed by atoms with E-state index in [-0.39, 0.29) is 32.0 Å². The van der Waals surface area contributed by atoms with Gasteiger partial charge in [0.2, 0.25) is 11.8 Å². The van der Waals surface area contributed by atoms with E-state index in [0.717, 1.165) is 0 Å². The number of nitrogens with one attached hydrogen (secondary N) is 1. The number of hydrogen-bond acceptors (Lipinski definition) is 9. The van der Waals surface area contributed by atoms with Crippen LogP contribution in [0.5, 0.6) is 5.75 Å². The van der Waals surface area contributed by atoms with E-state index in [0.29, 0.717) is 23.4 Å². The molecule has 248 valence electrons. The lowest BCUT2D eigenvalue weighted by Crippen LogP contribution is -2.56. The average Bonchev–Trinajstić information content (AvgIpc) is 3.72. The summed E-state index contributed by atoms with van der Waals surface area (Å²) in [5.41, 5.74) is -0.270. The maximum absolute atomic E-state index is 14.7. The van der Waals surface area contributed by atoms with Gasteiger partial charge in [-0.15, -0.1) is 0 Å². The molecule has 3 amide bonds. The second-order valence-electron chi connectivity index (χ2n) is 12.0. The molecule has 0 unspecified atom stereocenters. The number of carbonyl (C=O) groups is 4. The average molecular weight is 646 g/mol. The van der Waals surface area contributed by atoms with Crippen LogP contribution in [0.4, 0.5) is 5.69 Å². The molecular weight excluding hydrogens is 606 g/mol. The molecule has 0 radical (unpaired) electrons. The first-order valence-corrected chi connectivity index (χ1v) is 15.8. The minimum absolute atomic E-state index is 0.0584. The minimum atomic E-state index is -1.46. The summed E-state index contributed by atoms with van der Waals surface area (Å²) < 4.78 is 23.4. The quantitative estimate of drug-likeness (QED) is 0.341. The van der Waals surface area contributed by atoms with Crippen molar-refractivity contribution in [1.82, 2.24) is 10.2 Å². The molecule has 4 aliphatic heterocycles. The Bertz CT molecular complexity index is 1550. The summed E-state index contributed by atoms with van der Waals surface area (Å²) in [4.78, 5) is 59.1. The van der Waals surface area contributed by atoms with Crippen LogP contribution < -0.4 is 15.0 Å². The first-order chi connectivity index (χ1) is 22.8. The number of anilines is 1. The zero-order valence-electron chi connectivity index (χ0n) is 26.3. The molecule has 12 heteroatoms. The Morgan fingerprint density at radius 2 is 1.77 bits per heavy atom. The largest absolute Gasteiger partial charge is 0.497 e. The summed E-state index contributed by atoms with van der Waals surface area (Å²) >= 11 is 0. The number of β-amino-alcohol motifs (C(OH)–C–C–N with tert-alkyl or cyclic N) is 1. The van der Waals surface area contributed by atoms with Crippen molar-refractivity contribution < 1.29 is 43.2 Å². The molecule has 2 fully saturated rings. The molecule has 2 saturated heterocycles. The molecule has 5 bridgehead atoms. The third kappa shape index (κ3) is 5.92. The molecule has 7 atom stereocenters. The third-order valence-electron chi connectivity index (χ3n) is 9.29. The number of aliphatic hydroxyl groups excluding tert-OH is 1. The van der Waals surface area contributed by atoms with Crippen molar-refractivity contribution in [3.8, 4) is 5.75 Å². The van der Waals surface area contributed by atoms with E-state index in [1.54, 1.807) is 73.9 Å². The number of methoxy groups -OCH3 is 2. The van der Waals surface area contributed by atoms with Crippen LogP contribution in [0.25, 0.3) is 0 Å². The van der Waals surface area contributed by atoms with Gasteiger partial charge in [-0.3, -0.25) is 19.2 Å². The van der Waals surface area contributed by atoms with E-state index >= 15 is 0 Å². The van der Waals surface area contributed by atoms with Crippen molar-refractivity contribution in [2.45, 2.75) is 42.7 Å². The SMILES string of the molecule is COC[C@H]1NC(=O)CC/C=C\CN(c2ccc(OC)cc2)C(=O)[C@@H]2N(CCO)C(=O)[C@H]3[C@H](C(=O)O[C@@H]1c1ccccc1)[C@@H]1C=C[C@]23O1. The molecule has 4 aliphatic rings. The second kappa shape index (κ2) is 13.7. The molecule has 4 heterocycles. The van der Waals surface area contributed by atoms with Gasteiger partial charge in [0, 0.05) is 32.3 Å². The molecule has 2 aromatic carbocycles. The molecule has 6 rings (SSSR count). The molecule has 0 saturated carbocycles. The highest BCUT2D eigenvalue weighted by molar-refractivity contribution is 6.05. The normalized spacial score (nSPS) is 31.5. The Hall–Kier alpha value is -4.52. The number of benzene rings is 2. The van der Waals surface area contributed by atoms with Crippen LogP contribution >= 0.6 is 0 Å². The summed E-state index contributed by atoms with van der Waals surface area (Å²) in [6.07, 6.45) is 5.81. The first kappa shape index (κ1) is 32.4. The number of hydrogen-bond donors (Lipinski definition) is 2. The summed E-state index contributed by atoms with van der Waals surface area (Å²) in [5.74, 6) is -3.40. The molecule has 0 aromatic heterocycles. The van der Waals surface area contributed by atoms with Crippen molar-refractivity contribution in [3.63, 3.8) is 0 Å². The fourth-order valence-electron chi connectivity index (χ4n) is 7.20. The fraction of sp³-hybridized carbons (Fsp3) is 0.429. The van der Waals surface area contributed by atoms with Gasteiger partial charge < -0.3 is 39.2 Å². The van der Waals surface area contributed by atoms with Crippen LogP contribution in [-0.4, -0.2) is 98.0 Å². The van der Waals surface area contributed by atoms with Crippen LogP contribution in [0, 0.1) is 11.8 Å². The molecule has 0 aliphatic carbocycles. The van der Waals surface area contributed by atoms with E-state index in [4.69, 9.17) is 18.9 Å². The topological polar surface area (TPSA) is 144 Å². The van der Waals surface area contributed by atoms with E-state index in [9.17, 15) is 24.3 Å². The number of rotatable bonds is 7. The van der Waals surface area contributed by atoms with Gasteiger partial charge in [0.05, 0.1) is 38.4 Å². The number of ether oxygens (including phenoxy) is 4. The van der Waals surface area contributed by atoms with Gasteiger partial charge in [0.25, 0.3) is 5.91 Å². The minimum Gasteiger partial charge on any atom is -0.497 e. The number of nitrogens with zero attached hydrogens (tertiary/aromatic N) is 2. The Labute approximate surface area is 272 Å². The van der Waals surface area contributed by atoms with Crippen LogP contribution in [0.2, 0.25) is 0 Å². The van der Waals surface area contributed by atoms with Crippen molar-refractivity contribution in [2.75, 3.05) is 45.4 Å². The zero-order chi connectivity index (χ0) is 33.1. The second-order valence-corrected chi connectivity index (χ2v) is 12.0. The van der Waals surface area contributed by atoms with Crippen LogP contribution in [0.1, 0.15) is 24.5 Å². The first-order valence-electron chi connectivity index (χ1n) is 15.8. The number of aliphatic hydroxyl groups is 1. The van der Waals surface area contributed by atoms with Crippen LogP contribution in [-0.2, 0) is 33.4 Å². The van der Waals surface area contributed by atoms with Gasteiger partial charge in [-0.05, 0) is 36.2 Å². The number of esters is 1. The lowest BCUT2D eigenvalue weighted by atomic mass is 9.74. The Balaban J connectivity index is 1.44. The van der Waals surface area contributed by atoms with E-state index < -0.39 is 66.1 Å². The van der Waals surface area contributed by atoms with Gasteiger partial charge in [0.1, 0.15) is 29.4 Å². The summed E-state index contributed by atoms with van der Waals surface area (Å²) in [5, 5.41) is 13.0. The Morgan fingerprint density at radius 3 is 2.47 bits per heavy atom. The summed E-state index contributed by atoms with van der Waals surface area (Å²) in [7, 11) is 3.05. The van der Waals surface area contributed by atoms with Gasteiger partial charge in [-0.2, -0.15) is 0 Å². The van der Waals surface area contributed by atoms with Crippen LogP contribution in [0.15, 0.2) is 78.9 Å². The number of amides is 3. The monoisotopic (exact) mass is 645 g/mol. The molecule has 2 aromatic rings. The predicted molar refractivity (Wildman–Crippen MR) is 169 cm³/mol. The zero-order valence-corrected chi connectivity index (χ0v) is 26.3. The van der Waals surface area contributed by atoms with Gasteiger partial charge in [-0.25, -0.2) is 0 Å². The third-order valence-corrected chi connectivity index (χ3v) is 9.29. The highest BCUT2D eigenvalue weighted by Gasteiger charge is 2.73. The van der Waals surface area contributed by atoms with Crippen molar-refractivity contribution in [3.05, 3.63) is 84.5 Å². The summed E-state index contributed by atoms with van der Waals surface area (Å²) in [6.45, 7) is -0.329. The van der Waals surface area contributed by atoms with Gasteiger partial charge in [0.15, 0.2) is 0 Å².